The molecule has 1 N–H and O–H groups in total. The zero-order chi connectivity index (χ0) is 19.2. The molecular weight excluding hydrogens is 388 g/mol. The lowest BCUT2D eigenvalue weighted by molar-refractivity contribution is -0.119. The Bertz CT molecular complexity index is 915. The molecular formula is C18H16N2O5S2. The molecule has 9 heteroatoms. The van der Waals surface area contributed by atoms with Gasteiger partial charge in [0.2, 0.25) is 0 Å². The number of thiazole rings is 1. The van der Waals surface area contributed by atoms with Crippen LogP contribution in [0.25, 0.3) is 10.6 Å². The van der Waals surface area contributed by atoms with Gasteiger partial charge in [-0.2, -0.15) is 11.3 Å². The average molecular weight is 404 g/mol. The summed E-state index contributed by atoms with van der Waals surface area (Å²) in [4.78, 5) is 28.4. The number of methoxy groups -OCH3 is 2. The van der Waals surface area contributed by atoms with Crippen LogP contribution in [0.3, 0.4) is 0 Å². The summed E-state index contributed by atoms with van der Waals surface area (Å²) in [5, 5.41) is 8.86. The maximum atomic E-state index is 12.1. The second-order valence-corrected chi connectivity index (χ2v) is 6.91. The Labute approximate surface area is 163 Å². The predicted molar refractivity (Wildman–Crippen MR) is 104 cm³/mol. The van der Waals surface area contributed by atoms with Crippen molar-refractivity contribution in [3.05, 3.63) is 46.1 Å². The van der Waals surface area contributed by atoms with Crippen LogP contribution in [0, 0.1) is 0 Å². The number of esters is 1. The number of anilines is 1. The summed E-state index contributed by atoms with van der Waals surface area (Å²) in [6, 6.07) is 6.88. The van der Waals surface area contributed by atoms with E-state index in [1.165, 1.54) is 25.6 Å². The fourth-order valence-corrected chi connectivity index (χ4v) is 3.67. The molecule has 0 unspecified atom stereocenters. The van der Waals surface area contributed by atoms with Gasteiger partial charge in [-0.1, -0.05) is 0 Å². The zero-order valence-electron chi connectivity index (χ0n) is 14.6. The van der Waals surface area contributed by atoms with Gasteiger partial charge in [-0.3, -0.25) is 4.79 Å². The van der Waals surface area contributed by atoms with Gasteiger partial charge >= 0.3 is 5.97 Å². The molecule has 140 valence electrons. The van der Waals surface area contributed by atoms with Crippen molar-refractivity contribution in [1.82, 2.24) is 4.98 Å². The number of benzene rings is 1. The Morgan fingerprint density at radius 2 is 1.85 bits per heavy atom. The van der Waals surface area contributed by atoms with E-state index < -0.39 is 18.5 Å². The summed E-state index contributed by atoms with van der Waals surface area (Å²) in [6.07, 6.45) is 0. The van der Waals surface area contributed by atoms with Crippen molar-refractivity contribution < 1.29 is 23.8 Å². The van der Waals surface area contributed by atoms with E-state index in [4.69, 9.17) is 14.2 Å². The van der Waals surface area contributed by atoms with Crippen LogP contribution >= 0.6 is 22.7 Å². The van der Waals surface area contributed by atoms with E-state index in [2.05, 4.69) is 10.3 Å². The monoisotopic (exact) mass is 404 g/mol. The van der Waals surface area contributed by atoms with Crippen LogP contribution in [-0.2, 0) is 9.53 Å². The van der Waals surface area contributed by atoms with Crippen LogP contribution in [-0.4, -0.2) is 37.7 Å². The van der Waals surface area contributed by atoms with Crippen molar-refractivity contribution >= 4 is 40.2 Å². The molecule has 7 nitrogen and oxygen atoms in total. The summed E-state index contributed by atoms with van der Waals surface area (Å²) >= 11 is 2.90. The minimum atomic E-state index is -0.647. The van der Waals surface area contributed by atoms with Crippen LogP contribution in [0.4, 0.5) is 5.69 Å². The molecule has 0 bridgehead atoms. The normalized spacial score (nSPS) is 10.3. The van der Waals surface area contributed by atoms with Gasteiger partial charge in [-0.25, -0.2) is 9.78 Å². The number of nitrogens with one attached hydrogen (secondary N) is 1. The van der Waals surface area contributed by atoms with E-state index in [0.717, 1.165) is 10.6 Å². The van der Waals surface area contributed by atoms with Crippen LogP contribution in [0.2, 0.25) is 0 Å². The van der Waals surface area contributed by atoms with Gasteiger partial charge in [0.15, 0.2) is 12.3 Å². The molecule has 1 aromatic carbocycles. The third-order valence-electron chi connectivity index (χ3n) is 3.45. The first-order chi connectivity index (χ1) is 13.1. The fraction of sp³-hybridized carbons (Fsp3) is 0.167. The summed E-state index contributed by atoms with van der Waals surface area (Å²) in [7, 11) is 3.03. The minimum Gasteiger partial charge on any atom is -0.497 e. The lowest BCUT2D eigenvalue weighted by Gasteiger charge is -2.10. The number of ether oxygens (including phenoxy) is 3. The maximum absolute atomic E-state index is 12.1. The largest absolute Gasteiger partial charge is 0.497 e. The highest BCUT2D eigenvalue weighted by atomic mass is 32.1. The van der Waals surface area contributed by atoms with Crippen molar-refractivity contribution in [2.75, 3.05) is 26.1 Å². The third-order valence-corrected chi connectivity index (χ3v) is 5.03. The van der Waals surface area contributed by atoms with E-state index in [-0.39, 0.29) is 5.69 Å². The molecule has 3 rings (SSSR count). The Morgan fingerprint density at radius 1 is 1.11 bits per heavy atom. The minimum absolute atomic E-state index is 0.178. The third kappa shape index (κ3) is 4.83. The maximum Gasteiger partial charge on any atom is 0.358 e. The number of hydrogen-bond donors (Lipinski definition) is 1. The number of amides is 1. The van der Waals surface area contributed by atoms with Crippen molar-refractivity contribution in [1.29, 1.82) is 0 Å². The molecule has 0 saturated heterocycles. The van der Waals surface area contributed by atoms with Crippen molar-refractivity contribution in [3.63, 3.8) is 0 Å². The van der Waals surface area contributed by atoms with Crippen LogP contribution in [0.1, 0.15) is 10.5 Å². The van der Waals surface area contributed by atoms with Gasteiger partial charge in [-0.15, -0.1) is 11.3 Å². The number of nitrogens with zero attached hydrogens (tertiary/aromatic N) is 1. The van der Waals surface area contributed by atoms with Crippen LogP contribution in [0.5, 0.6) is 11.5 Å². The molecule has 0 atom stereocenters. The number of thiophene rings is 1. The fourth-order valence-electron chi connectivity index (χ4n) is 2.17. The quantitative estimate of drug-likeness (QED) is 0.605. The molecule has 0 fully saturated rings. The van der Waals surface area contributed by atoms with Gasteiger partial charge in [0, 0.05) is 40.2 Å². The molecule has 0 aliphatic rings. The summed E-state index contributed by atoms with van der Waals surface area (Å²) in [5.41, 5.74) is 1.60. The van der Waals surface area contributed by atoms with Gasteiger partial charge in [-0.05, 0) is 11.4 Å². The molecule has 2 aromatic heterocycles. The Morgan fingerprint density at radius 3 is 2.48 bits per heavy atom. The highest BCUT2D eigenvalue weighted by Crippen LogP contribution is 2.27. The summed E-state index contributed by atoms with van der Waals surface area (Å²) in [6.45, 7) is -0.427. The second-order valence-electron chi connectivity index (χ2n) is 5.28. The van der Waals surface area contributed by atoms with Gasteiger partial charge in [0.25, 0.3) is 5.91 Å². The Balaban J connectivity index is 1.57. The molecule has 0 saturated carbocycles. The SMILES string of the molecule is COc1cc(NC(=O)COC(=O)c2csc(-c3ccsc3)n2)cc(OC)c1. The van der Waals surface area contributed by atoms with Crippen molar-refractivity contribution in [3.8, 4) is 22.1 Å². The summed E-state index contributed by atoms with van der Waals surface area (Å²) < 4.78 is 15.3. The summed E-state index contributed by atoms with van der Waals surface area (Å²) in [5.74, 6) is -0.0619. The van der Waals surface area contributed by atoms with E-state index in [0.29, 0.717) is 17.2 Å². The lowest BCUT2D eigenvalue weighted by Crippen LogP contribution is -2.21. The van der Waals surface area contributed by atoms with Gasteiger partial charge in [0.1, 0.15) is 16.5 Å². The molecule has 3 aromatic rings. The standard InChI is InChI=1S/C18H16N2O5S2/c1-23-13-5-12(6-14(7-13)24-2)19-16(21)8-25-18(22)15-10-27-17(20-15)11-3-4-26-9-11/h3-7,9-10H,8H2,1-2H3,(H,19,21). The number of rotatable bonds is 7. The van der Waals surface area contributed by atoms with E-state index in [1.54, 1.807) is 34.9 Å². The van der Waals surface area contributed by atoms with Crippen molar-refractivity contribution in [2.45, 2.75) is 0 Å². The molecule has 0 aliphatic carbocycles. The number of aromatic nitrogens is 1. The molecule has 0 radical (unpaired) electrons. The first kappa shape index (κ1) is 18.9. The van der Waals surface area contributed by atoms with Gasteiger partial charge in [0.05, 0.1) is 14.2 Å². The molecule has 2 heterocycles. The number of hydrogen-bond acceptors (Lipinski definition) is 8. The lowest BCUT2D eigenvalue weighted by atomic mass is 10.2. The first-order valence-electron chi connectivity index (χ1n) is 7.77. The molecule has 0 spiro atoms. The van der Waals surface area contributed by atoms with Crippen LogP contribution < -0.4 is 14.8 Å². The van der Waals surface area contributed by atoms with E-state index >= 15 is 0 Å². The predicted octanol–water partition coefficient (Wildman–Crippen LogP) is 3.68. The molecule has 1 amide bonds. The Kier molecular flexibility index (Phi) is 6.05. The second kappa shape index (κ2) is 8.65. The van der Waals surface area contributed by atoms with E-state index in [1.807, 2.05) is 16.8 Å². The van der Waals surface area contributed by atoms with Crippen LogP contribution in [0.15, 0.2) is 40.4 Å². The topological polar surface area (TPSA) is 86.8 Å². The van der Waals surface area contributed by atoms with E-state index in [9.17, 15) is 9.59 Å². The highest BCUT2D eigenvalue weighted by Gasteiger charge is 2.15. The highest BCUT2D eigenvalue weighted by molar-refractivity contribution is 7.14. The smallest absolute Gasteiger partial charge is 0.358 e. The first-order valence-corrected chi connectivity index (χ1v) is 9.59. The number of carbonyl (C=O) groups is 2. The zero-order valence-corrected chi connectivity index (χ0v) is 16.2. The van der Waals surface area contributed by atoms with Crippen molar-refractivity contribution in [2.24, 2.45) is 0 Å². The average Bonchev–Trinajstić information content (AvgIpc) is 3.37. The molecule has 0 aliphatic heterocycles. The molecule has 27 heavy (non-hydrogen) atoms. The van der Waals surface area contributed by atoms with Gasteiger partial charge < -0.3 is 19.5 Å². The number of carbonyl (C=O) groups excluding carboxylic acids is 2. The Hall–Kier alpha value is -2.91.